The van der Waals surface area contributed by atoms with Crippen molar-refractivity contribution in [2.24, 2.45) is 16.9 Å². The van der Waals surface area contributed by atoms with E-state index in [1.807, 2.05) is 33.8 Å². The minimum Gasteiger partial charge on any atom is -0.402 e. The van der Waals surface area contributed by atoms with Gasteiger partial charge in [-0.1, -0.05) is 25.5 Å². The average molecular weight is 196 g/mol. The summed E-state index contributed by atoms with van der Waals surface area (Å²) in [7, 11) is 0. The first-order chi connectivity index (χ1) is 6.06. The van der Waals surface area contributed by atoms with Crippen LogP contribution in [-0.2, 0) is 0 Å². The van der Waals surface area contributed by atoms with Gasteiger partial charge in [-0.3, -0.25) is 0 Å². The predicted molar refractivity (Wildman–Crippen MR) is 63.7 cm³/mol. The summed E-state index contributed by atoms with van der Waals surface area (Å²) in [6.45, 7) is 12.3. The molecule has 14 heavy (non-hydrogen) atoms. The molecule has 0 atom stereocenters. The molecule has 0 aliphatic carbocycles. The van der Waals surface area contributed by atoms with Crippen molar-refractivity contribution in [3.05, 3.63) is 23.4 Å². The summed E-state index contributed by atoms with van der Waals surface area (Å²) in [6, 6.07) is 0. The van der Waals surface area contributed by atoms with Gasteiger partial charge >= 0.3 is 0 Å². The Morgan fingerprint density at radius 2 is 1.50 bits per heavy atom. The molecule has 82 valence electrons. The first-order valence-corrected chi connectivity index (χ1v) is 4.98. The lowest BCUT2D eigenvalue weighted by Gasteiger charge is -2.36. The molecule has 4 N–H and O–H groups in total. The van der Waals surface area contributed by atoms with Crippen molar-refractivity contribution in [1.29, 1.82) is 0 Å². The maximum absolute atomic E-state index is 6.10. The first-order valence-electron chi connectivity index (χ1n) is 4.98. The summed E-state index contributed by atoms with van der Waals surface area (Å²) in [4.78, 5) is 0. The first kappa shape index (κ1) is 13.2. The lowest BCUT2D eigenvalue weighted by atomic mass is 9.74. The van der Waals surface area contributed by atoms with Gasteiger partial charge in [0.1, 0.15) is 0 Å². The van der Waals surface area contributed by atoms with Gasteiger partial charge in [0.2, 0.25) is 0 Å². The van der Waals surface area contributed by atoms with Crippen LogP contribution in [0.25, 0.3) is 0 Å². The molecular formula is C12H24N2. The van der Waals surface area contributed by atoms with E-state index in [-0.39, 0.29) is 11.0 Å². The van der Waals surface area contributed by atoms with Crippen LogP contribution in [0.1, 0.15) is 41.5 Å². The van der Waals surface area contributed by atoms with Crippen LogP contribution in [0.5, 0.6) is 0 Å². The monoisotopic (exact) mass is 196 g/mol. The summed E-state index contributed by atoms with van der Waals surface area (Å²) in [5.74, 6) is 0. The lowest BCUT2D eigenvalue weighted by Crippen LogP contribution is -2.46. The molecule has 0 aliphatic heterocycles. The zero-order chi connectivity index (χ0) is 11.6. The summed E-state index contributed by atoms with van der Waals surface area (Å²) in [6.07, 6.45) is 4.14. The van der Waals surface area contributed by atoms with Crippen molar-refractivity contribution in [3.8, 4) is 0 Å². The van der Waals surface area contributed by atoms with Crippen LogP contribution in [0.15, 0.2) is 23.4 Å². The predicted octanol–water partition coefficient (Wildman–Crippen LogP) is 2.56. The van der Waals surface area contributed by atoms with Crippen molar-refractivity contribution >= 4 is 0 Å². The van der Waals surface area contributed by atoms with Crippen LogP contribution in [0, 0.1) is 5.41 Å². The van der Waals surface area contributed by atoms with Gasteiger partial charge in [-0.25, -0.2) is 0 Å². The minimum absolute atomic E-state index is 0.0387. The Hall–Kier alpha value is -0.760. The van der Waals surface area contributed by atoms with Gasteiger partial charge in [0.25, 0.3) is 0 Å². The molecule has 0 aromatic heterocycles. The third-order valence-corrected chi connectivity index (χ3v) is 2.70. The van der Waals surface area contributed by atoms with Gasteiger partial charge in [0.15, 0.2) is 0 Å². The Labute approximate surface area is 88.1 Å². The van der Waals surface area contributed by atoms with E-state index in [0.29, 0.717) is 0 Å². The summed E-state index contributed by atoms with van der Waals surface area (Å²) >= 11 is 0. The number of rotatable bonds is 3. The Morgan fingerprint density at radius 3 is 1.79 bits per heavy atom. The molecule has 0 unspecified atom stereocenters. The molecule has 0 spiro atoms. The standard InChI is InChI=1S/C12H24N2/c1-9(7-10(2)13)8-11(3,4)12(5,6)14/h7-8H,13-14H2,1-6H3/b9-8-,10-7+. The second kappa shape index (κ2) is 4.18. The number of nitrogens with two attached hydrogens (primary N) is 2. The Bertz CT molecular complexity index is 248. The van der Waals surface area contributed by atoms with Crippen LogP contribution in [0.2, 0.25) is 0 Å². The fraction of sp³-hybridized carbons (Fsp3) is 0.667. The van der Waals surface area contributed by atoms with Gasteiger partial charge in [-0.2, -0.15) is 0 Å². The largest absolute Gasteiger partial charge is 0.402 e. The molecule has 2 heteroatoms. The van der Waals surface area contributed by atoms with Crippen LogP contribution in [-0.4, -0.2) is 5.54 Å². The Balaban J connectivity index is 4.90. The van der Waals surface area contributed by atoms with E-state index in [9.17, 15) is 0 Å². The quantitative estimate of drug-likeness (QED) is 0.682. The maximum Gasteiger partial charge on any atom is 0.0183 e. The van der Waals surface area contributed by atoms with Crippen molar-refractivity contribution in [2.45, 2.75) is 47.1 Å². The second-order valence-electron chi connectivity index (χ2n) is 5.22. The normalized spacial score (nSPS) is 15.9. The topological polar surface area (TPSA) is 52.0 Å². The lowest BCUT2D eigenvalue weighted by molar-refractivity contribution is 0.271. The van der Waals surface area contributed by atoms with E-state index in [1.165, 1.54) is 0 Å². The van der Waals surface area contributed by atoms with Gasteiger partial charge < -0.3 is 11.5 Å². The highest BCUT2D eigenvalue weighted by Crippen LogP contribution is 2.31. The molecule has 0 fully saturated rings. The van der Waals surface area contributed by atoms with Crippen molar-refractivity contribution in [2.75, 3.05) is 0 Å². The molecule has 0 radical (unpaired) electrons. The highest BCUT2D eigenvalue weighted by atomic mass is 14.7. The van der Waals surface area contributed by atoms with E-state index in [2.05, 4.69) is 19.9 Å². The van der Waals surface area contributed by atoms with Crippen LogP contribution in [0.4, 0.5) is 0 Å². The van der Waals surface area contributed by atoms with E-state index in [0.717, 1.165) is 11.3 Å². The van der Waals surface area contributed by atoms with E-state index in [4.69, 9.17) is 11.5 Å². The van der Waals surface area contributed by atoms with E-state index in [1.54, 1.807) is 0 Å². The minimum atomic E-state index is -0.232. The molecule has 0 heterocycles. The molecule has 0 aromatic carbocycles. The van der Waals surface area contributed by atoms with Crippen LogP contribution in [0.3, 0.4) is 0 Å². The number of allylic oxidation sites excluding steroid dienone is 3. The smallest absolute Gasteiger partial charge is 0.0183 e. The van der Waals surface area contributed by atoms with Crippen molar-refractivity contribution in [3.63, 3.8) is 0 Å². The van der Waals surface area contributed by atoms with Gasteiger partial charge in [-0.05, 0) is 33.8 Å². The van der Waals surface area contributed by atoms with Gasteiger partial charge in [-0.15, -0.1) is 0 Å². The van der Waals surface area contributed by atoms with Gasteiger partial charge in [0, 0.05) is 16.7 Å². The molecule has 0 bridgehead atoms. The van der Waals surface area contributed by atoms with Crippen LogP contribution >= 0.6 is 0 Å². The van der Waals surface area contributed by atoms with E-state index < -0.39 is 0 Å². The zero-order valence-electron chi connectivity index (χ0n) is 10.3. The number of hydrogen-bond donors (Lipinski definition) is 2. The highest BCUT2D eigenvalue weighted by molar-refractivity contribution is 5.23. The molecular weight excluding hydrogens is 172 g/mol. The SMILES string of the molecule is CC(=C/C(C)(C)C(C)(C)N)/C=C(\C)N. The third-order valence-electron chi connectivity index (χ3n) is 2.70. The summed E-state index contributed by atoms with van der Waals surface area (Å²) < 4.78 is 0. The number of hydrogen-bond acceptors (Lipinski definition) is 2. The Morgan fingerprint density at radius 1 is 1.07 bits per heavy atom. The molecule has 0 saturated heterocycles. The average Bonchev–Trinajstić information content (AvgIpc) is 1.79. The molecule has 2 nitrogen and oxygen atoms in total. The van der Waals surface area contributed by atoms with Crippen molar-refractivity contribution in [1.82, 2.24) is 0 Å². The fourth-order valence-corrected chi connectivity index (χ4v) is 1.16. The third kappa shape index (κ3) is 3.97. The molecule has 0 aromatic rings. The Kier molecular flexibility index (Phi) is 3.95. The fourth-order valence-electron chi connectivity index (χ4n) is 1.16. The van der Waals surface area contributed by atoms with Gasteiger partial charge in [0.05, 0.1) is 0 Å². The molecule has 0 aliphatic rings. The molecule has 0 saturated carbocycles. The zero-order valence-corrected chi connectivity index (χ0v) is 10.3. The van der Waals surface area contributed by atoms with E-state index >= 15 is 0 Å². The molecule has 0 rings (SSSR count). The van der Waals surface area contributed by atoms with Crippen LogP contribution < -0.4 is 11.5 Å². The van der Waals surface area contributed by atoms with Crippen molar-refractivity contribution < 1.29 is 0 Å². The molecule has 0 amide bonds. The summed E-state index contributed by atoms with van der Waals surface area (Å²) in [5, 5.41) is 0. The maximum atomic E-state index is 6.10. The summed E-state index contributed by atoms with van der Waals surface area (Å²) in [5.41, 5.74) is 13.4. The highest BCUT2D eigenvalue weighted by Gasteiger charge is 2.30. The second-order valence-corrected chi connectivity index (χ2v) is 5.22.